The minimum atomic E-state index is -0.361. The van der Waals surface area contributed by atoms with Crippen LogP contribution in [0.15, 0.2) is 0 Å². The van der Waals surface area contributed by atoms with E-state index in [1.165, 1.54) is 25.7 Å². The van der Waals surface area contributed by atoms with Crippen molar-refractivity contribution >= 4 is 11.5 Å². The molecule has 1 aliphatic rings. The first-order valence-corrected chi connectivity index (χ1v) is 6.51. The van der Waals surface area contributed by atoms with E-state index in [0.717, 1.165) is 18.9 Å². The van der Waals surface area contributed by atoms with Gasteiger partial charge in [-0.1, -0.05) is 25.7 Å². The topological polar surface area (TPSA) is 73.0 Å². The van der Waals surface area contributed by atoms with Crippen molar-refractivity contribution in [1.29, 1.82) is 0 Å². The molecular formula is C12H20N4O2. The molecule has 2 rings (SSSR count). The zero-order valence-electron chi connectivity index (χ0n) is 11.0. The van der Waals surface area contributed by atoms with Crippen LogP contribution in [0.3, 0.4) is 0 Å². The fourth-order valence-electron chi connectivity index (χ4n) is 2.76. The molecule has 0 atom stereocenters. The van der Waals surface area contributed by atoms with Gasteiger partial charge in [0.25, 0.3) is 0 Å². The summed E-state index contributed by atoms with van der Waals surface area (Å²) in [6, 6.07) is 0. The molecule has 1 N–H and O–H groups in total. The molecule has 0 radical (unpaired) electrons. The van der Waals surface area contributed by atoms with Gasteiger partial charge in [-0.3, -0.25) is 10.1 Å². The van der Waals surface area contributed by atoms with Gasteiger partial charge < -0.3 is 5.32 Å². The highest BCUT2D eigenvalue weighted by Gasteiger charge is 2.24. The van der Waals surface area contributed by atoms with Gasteiger partial charge in [0.15, 0.2) is 0 Å². The molecule has 18 heavy (non-hydrogen) atoms. The van der Waals surface area contributed by atoms with Gasteiger partial charge >= 0.3 is 5.69 Å². The second-order valence-electron chi connectivity index (χ2n) is 5.03. The third-order valence-electron chi connectivity index (χ3n) is 3.69. The van der Waals surface area contributed by atoms with Crippen molar-refractivity contribution in [3.8, 4) is 0 Å². The maximum absolute atomic E-state index is 11.0. The first-order valence-electron chi connectivity index (χ1n) is 6.51. The SMILES string of the molecule is Cc1nn(C)c(NCCC2CCCC2)c1[N+](=O)[O-]. The molecule has 6 heteroatoms. The smallest absolute Gasteiger partial charge is 0.333 e. The Morgan fingerprint density at radius 3 is 2.78 bits per heavy atom. The van der Waals surface area contributed by atoms with Gasteiger partial charge in [-0.05, 0) is 19.3 Å². The van der Waals surface area contributed by atoms with Crippen LogP contribution in [0.4, 0.5) is 11.5 Å². The van der Waals surface area contributed by atoms with Crippen LogP contribution in [0.1, 0.15) is 37.8 Å². The first-order chi connectivity index (χ1) is 8.59. The van der Waals surface area contributed by atoms with Crippen molar-refractivity contribution < 1.29 is 4.92 Å². The number of nitro groups is 1. The molecule has 0 amide bonds. The molecule has 6 nitrogen and oxygen atoms in total. The molecule has 1 fully saturated rings. The number of rotatable bonds is 5. The van der Waals surface area contributed by atoms with Crippen molar-refractivity contribution in [2.45, 2.75) is 39.0 Å². The molecule has 0 bridgehead atoms. The van der Waals surface area contributed by atoms with E-state index >= 15 is 0 Å². The summed E-state index contributed by atoms with van der Waals surface area (Å²) in [6.45, 7) is 2.45. The lowest BCUT2D eigenvalue weighted by Gasteiger charge is -2.10. The lowest BCUT2D eigenvalue weighted by molar-refractivity contribution is -0.384. The Morgan fingerprint density at radius 2 is 2.17 bits per heavy atom. The zero-order chi connectivity index (χ0) is 13.1. The second-order valence-corrected chi connectivity index (χ2v) is 5.03. The summed E-state index contributed by atoms with van der Waals surface area (Å²) in [5.41, 5.74) is 0.565. The van der Waals surface area contributed by atoms with Crippen LogP contribution in [-0.4, -0.2) is 21.2 Å². The minimum Gasteiger partial charge on any atom is -0.365 e. The summed E-state index contributed by atoms with van der Waals surface area (Å²) in [4.78, 5) is 10.6. The van der Waals surface area contributed by atoms with Crippen LogP contribution < -0.4 is 5.32 Å². The Kier molecular flexibility index (Phi) is 3.84. The summed E-state index contributed by atoms with van der Waals surface area (Å²) in [6.07, 6.45) is 6.34. The molecule has 0 aromatic carbocycles. The first kappa shape index (κ1) is 12.9. The van der Waals surface area contributed by atoms with Gasteiger partial charge in [0.1, 0.15) is 5.69 Å². The van der Waals surface area contributed by atoms with E-state index in [9.17, 15) is 10.1 Å². The quantitative estimate of drug-likeness (QED) is 0.645. The fourth-order valence-corrected chi connectivity index (χ4v) is 2.76. The molecule has 0 saturated heterocycles. The number of anilines is 1. The van der Waals surface area contributed by atoms with Gasteiger partial charge in [-0.2, -0.15) is 5.10 Å². The van der Waals surface area contributed by atoms with Gasteiger partial charge in [-0.25, -0.2) is 4.68 Å². The molecule has 0 spiro atoms. The predicted octanol–water partition coefficient (Wildman–Crippen LogP) is 2.63. The van der Waals surface area contributed by atoms with E-state index in [1.54, 1.807) is 18.7 Å². The van der Waals surface area contributed by atoms with E-state index in [0.29, 0.717) is 11.5 Å². The highest BCUT2D eigenvalue weighted by atomic mass is 16.6. The maximum atomic E-state index is 11.0. The Morgan fingerprint density at radius 1 is 1.50 bits per heavy atom. The van der Waals surface area contributed by atoms with Crippen molar-refractivity contribution in [3.05, 3.63) is 15.8 Å². The number of hydrogen-bond acceptors (Lipinski definition) is 4. The monoisotopic (exact) mass is 252 g/mol. The van der Waals surface area contributed by atoms with Crippen LogP contribution in [0.25, 0.3) is 0 Å². The second kappa shape index (κ2) is 5.37. The normalized spacial score (nSPS) is 16.1. The van der Waals surface area contributed by atoms with E-state index in [1.807, 2.05) is 0 Å². The van der Waals surface area contributed by atoms with E-state index < -0.39 is 0 Å². The average molecular weight is 252 g/mol. The fraction of sp³-hybridized carbons (Fsp3) is 0.750. The van der Waals surface area contributed by atoms with E-state index in [-0.39, 0.29) is 10.6 Å². The van der Waals surface area contributed by atoms with Crippen LogP contribution in [-0.2, 0) is 7.05 Å². The summed E-state index contributed by atoms with van der Waals surface area (Å²) < 4.78 is 1.56. The molecule has 1 aromatic heterocycles. The minimum absolute atomic E-state index is 0.101. The molecule has 1 aromatic rings. The van der Waals surface area contributed by atoms with Crippen molar-refractivity contribution in [2.75, 3.05) is 11.9 Å². The molecule has 0 unspecified atom stereocenters. The Balaban J connectivity index is 1.97. The number of aromatic nitrogens is 2. The van der Waals surface area contributed by atoms with E-state index in [4.69, 9.17) is 0 Å². The van der Waals surface area contributed by atoms with Gasteiger partial charge in [0.2, 0.25) is 5.82 Å². The highest BCUT2D eigenvalue weighted by Crippen LogP contribution is 2.29. The van der Waals surface area contributed by atoms with Crippen LogP contribution in [0.5, 0.6) is 0 Å². The van der Waals surface area contributed by atoms with Crippen LogP contribution in [0, 0.1) is 23.0 Å². The average Bonchev–Trinajstić information content (AvgIpc) is 2.87. The summed E-state index contributed by atoms with van der Waals surface area (Å²) in [5.74, 6) is 1.31. The van der Waals surface area contributed by atoms with Crippen molar-refractivity contribution in [1.82, 2.24) is 9.78 Å². The maximum Gasteiger partial charge on any atom is 0.333 e. The third-order valence-corrected chi connectivity index (χ3v) is 3.69. The molecule has 1 aliphatic carbocycles. The van der Waals surface area contributed by atoms with Crippen molar-refractivity contribution in [2.24, 2.45) is 13.0 Å². The lowest BCUT2D eigenvalue weighted by Crippen LogP contribution is -2.10. The third kappa shape index (κ3) is 2.63. The molecule has 100 valence electrons. The standard InChI is InChI=1S/C12H20N4O2/c1-9-11(16(17)18)12(15(2)14-9)13-8-7-10-5-3-4-6-10/h10,13H,3-8H2,1-2H3. The van der Waals surface area contributed by atoms with Crippen LogP contribution >= 0.6 is 0 Å². The predicted molar refractivity (Wildman–Crippen MR) is 69.7 cm³/mol. The molecule has 1 saturated carbocycles. The van der Waals surface area contributed by atoms with Gasteiger partial charge in [-0.15, -0.1) is 0 Å². The highest BCUT2D eigenvalue weighted by molar-refractivity contribution is 5.59. The largest absolute Gasteiger partial charge is 0.365 e. The summed E-state index contributed by atoms with van der Waals surface area (Å²) >= 11 is 0. The molecular weight excluding hydrogens is 232 g/mol. The summed E-state index contributed by atoms with van der Waals surface area (Å²) in [5, 5.41) is 18.3. The van der Waals surface area contributed by atoms with Crippen molar-refractivity contribution in [3.63, 3.8) is 0 Å². The van der Waals surface area contributed by atoms with E-state index in [2.05, 4.69) is 10.4 Å². The lowest BCUT2D eigenvalue weighted by atomic mass is 10.0. The number of aryl methyl sites for hydroxylation is 2. The number of hydrogen-bond donors (Lipinski definition) is 1. The Labute approximate surface area is 107 Å². The Bertz CT molecular complexity index is 436. The summed E-state index contributed by atoms with van der Waals surface area (Å²) in [7, 11) is 1.73. The number of nitrogens with one attached hydrogen (secondary N) is 1. The van der Waals surface area contributed by atoms with Gasteiger partial charge in [0.05, 0.1) is 4.92 Å². The number of nitrogens with zero attached hydrogens (tertiary/aromatic N) is 3. The zero-order valence-corrected chi connectivity index (χ0v) is 11.0. The van der Waals surface area contributed by atoms with Crippen LogP contribution in [0.2, 0.25) is 0 Å². The Hall–Kier alpha value is -1.59. The van der Waals surface area contributed by atoms with Gasteiger partial charge in [0, 0.05) is 13.6 Å². The molecule has 1 heterocycles. The molecule has 0 aliphatic heterocycles.